The van der Waals surface area contributed by atoms with Crippen LogP contribution in [0.5, 0.6) is 5.75 Å². The molecule has 5 heteroatoms. The summed E-state index contributed by atoms with van der Waals surface area (Å²) in [5.74, 6) is 0.723. The minimum atomic E-state index is -0.0791. The summed E-state index contributed by atoms with van der Waals surface area (Å²) in [6.07, 6.45) is 1.50. The van der Waals surface area contributed by atoms with Crippen molar-refractivity contribution in [2.24, 2.45) is 0 Å². The molecule has 0 aliphatic heterocycles. The normalized spacial score (nSPS) is 10.0. The largest absolute Gasteiger partial charge is 0.497 e. The van der Waals surface area contributed by atoms with Crippen LogP contribution in [0, 0.1) is 0 Å². The lowest BCUT2D eigenvalue weighted by molar-refractivity contribution is -0.119. The van der Waals surface area contributed by atoms with Gasteiger partial charge in [-0.2, -0.15) is 0 Å². The molecule has 0 bridgehead atoms. The number of nitrogens with one attached hydrogen (secondary N) is 1. The number of hydrogen-bond donors (Lipinski definition) is 1. The summed E-state index contributed by atoms with van der Waals surface area (Å²) >= 11 is 0. The summed E-state index contributed by atoms with van der Waals surface area (Å²) in [6, 6.07) is 9.49. The van der Waals surface area contributed by atoms with Crippen LogP contribution in [0.4, 0.5) is 0 Å². The Hall–Kier alpha value is -2.43. The molecule has 98 valence electrons. The topological polar surface area (TPSA) is 64.1 Å². The Bertz CT molecular complexity index is 567. The summed E-state index contributed by atoms with van der Waals surface area (Å²) in [5, 5.41) is 2.71. The highest BCUT2D eigenvalue weighted by Crippen LogP contribution is 2.20. The molecule has 1 amide bonds. The summed E-state index contributed by atoms with van der Waals surface area (Å²) in [4.78, 5) is 19.2. The second-order valence-electron chi connectivity index (χ2n) is 4.03. The zero-order valence-corrected chi connectivity index (χ0v) is 10.9. The van der Waals surface area contributed by atoms with E-state index in [-0.39, 0.29) is 5.91 Å². The summed E-state index contributed by atoms with van der Waals surface area (Å²) in [7, 11) is 1.63. The van der Waals surface area contributed by atoms with E-state index in [4.69, 9.17) is 4.74 Å². The number of methoxy groups -OCH3 is 1. The van der Waals surface area contributed by atoms with Crippen molar-refractivity contribution in [3.63, 3.8) is 0 Å². The van der Waals surface area contributed by atoms with Crippen LogP contribution in [-0.2, 0) is 11.3 Å². The van der Waals surface area contributed by atoms with Crippen molar-refractivity contribution in [1.82, 2.24) is 15.3 Å². The molecule has 5 nitrogen and oxygen atoms in total. The Morgan fingerprint density at radius 2 is 2.00 bits per heavy atom. The summed E-state index contributed by atoms with van der Waals surface area (Å²) in [6.45, 7) is 1.88. The van der Waals surface area contributed by atoms with Gasteiger partial charge in [-0.15, -0.1) is 0 Å². The molecule has 1 aromatic carbocycles. The zero-order chi connectivity index (χ0) is 13.7. The van der Waals surface area contributed by atoms with Crippen LogP contribution in [0.15, 0.2) is 36.7 Å². The summed E-state index contributed by atoms with van der Waals surface area (Å²) in [5.41, 5.74) is 2.57. The van der Waals surface area contributed by atoms with Crippen molar-refractivity contribution in [3.8, 4) is 17.0 Å². The molecule has 0 fully saturated rings. The van der Waals surface area contributed by atoms with Gasteiger partial charge < -0.3 is 10.1 Å². The number of carbonyl (C=O) groups excluding carboxylic acids is 1. The van der Waals surface area contributed by atoms with E-state index in [1.807, 2.05) is 30.3 Å². The van der Waals surface area contributed by atoms with E-state index < -0.39 is 0 Å². The Morgan fingerprint density at radius 1 is 1.26 bits per heavy atom. The Morgan fingerprint density at radius 3 is 2.63 bits per heavy atom. The Balaban J connectivity index is 2.19. The van der Waals surface area contributed by atoms with Gasteiger partial charge in [-0.3, -0.25) is 4.79 Å². The van der Waals surface area contributed by atoms with Gasteiger partial charge in [0, 0.05) is 12.5 Å². The molecular formula is C14H15N3O2. The molecular weight excluding hydrogens is 242 g/mol. The van der Waals surface area contributed by atoms with Crippen LogP contribution >= 0.6 is 0 Å². The standard InChI is InChI=1S/C14H15N3O2/c1-10(18)15-8-12-7-14(17-9-16-12)11-3-5-13(19-2)6-4-11/h3-7,9H,8H2,1-2H3,(H,15,18). The number of aromatic nitrogens is 2. The molecule has 0 aliphatic carbocycles. The Labute approximate surface area is 111 Å². The molecule has 0 saturated heterocycles. The highest BCUT2D eigenvalue weighted by molar-refractivity contribution is 5.72. The van der Waals surface area contributed by atoms with Crippen LogP contribution in [0.2, 0.25) is 0 Å². The van der Waals surface area contributed by atoms with Crippen molar-refractivity contribution in [2.45, 2.75) is 13.5 Å². The number of ether oxygens (including phenoxy) is 1. The lowest BCUT2D eigenvalue weighted by Gasteiger charge is -2.05. The third kappa shape index (κ3) is 3.51. The van der Waals surface area contributed by atoms with Crippen molar-refractivity contribution in [3.05, 3.63) is 42.4 Å². The molecule has 0 spiro atoms. The van der Waals surface area contributed by atoms with Crippen LogP contribution in [-0.4, -0.2) is 23.0 Å². The average molecular weight is 257 g/mol. The molecule has 0 radical (unpaired) electrons. The molecule has 0 saturated carbocycles. The lowest BCUT2D eigenvalue weighted by Crippen LogP contribution is -2.19. The molecule has 19 heavy (non-hydrogen) atoms. The van der Waals surface area contributed by atoms with Crippen molar-refractivity contribution in [1.29, 1.82) is 0 Å². The average Bonchev–Trinajstić information content (AvgIpc) is 2.45. The van der Waals surface area contributed by atoms with Gasteiger partial charge in [-0.05, 0) is 30.3 Å². The third-order valence-electron chi connectivity index (χ3n) is 2.63. The number of amides is 1. The molecule has 0 atom stereocenters. The van der Waals surface area contributed by atoms with Gasteiger partial charge in [0.15, 0.2) is 0 Å². The van der Waals surface area contributed by atoms with Crippen molar-refractivity contribution < 1.29 is 9.53 Å². The fourth-order valence-corrected chi connectivity index (χ4v) is 1.63. The van der Waals surface area contributed by atoms with E-state index in [0.717, 1.165) is 22.7 Å². The van der Waals surface area contributed by atoms with E-state index in [0.29, 0.717) is 6.54 Å². The van der Waals surface area contributed by atoms with E-state index in [9.17, 15) is 4.79 Å². The van der Waals surface area contributed by atoms with Gasteiger partial charge >= 0.3 is 0 Å². The Kier molecular flexibility index (Phi) is 4.07. The van der Waals surface area contributed by atoms with Crippen LogP contribution in [0.1, 0.15) is 12.6 Å². The fraction of sp³-hybridized carbons (Fsp3) is 0.214. The van der Waals surface area contributed by atoms with Crippen LogP contribution in [0.3, 0.4) is 0 Å². The van der Waals surface area contributed by atoms with E-state index in [1.54, 1.807) is 7.11 Å². The van der Waals surface area contributed by atoms with Gasteiger partial charge in [-0.25, -0.2) is 9.97 Å². The van der Waals surface area contributed by atoms with Gasteiger partial charge in [0.25, 0.3) is 0 Å². The van der Waals surface area contributed by atoms with Crippen molar-refractivity contribution >= 4 is 5.91 Å². The smallest absolute Gasteiger partial charge is 0.217 e. The molecule has 1 heterocycles. The van der Waals surface area contributed by atoms with Gasteiger partial charge in [0.2, 0.25) is 5.91 Å². The minimum absolute atomic E-state index is 0.0791. The zero-order valence-electron chi connectivity index (χ0n) is 10.9. The predicted octanol–water partition coefficient (Wildman–Crippen LogP) is 1.79. The first-order valence-corrected chi connectivity index (χ1v) is 5.89. The maximum Gasteiger partial charge on any atom is 0.217 e. The van der Waals surface area contributed by atoms with Crippen molar-refractivity contribution in [2.75, 3.05) is 7.11 Å². The second-order valence-corrected chi connectivity index (χ2v) is 4.03. The van der Waals surface area contributed by atoms with E-state index in [2.05, 4.69) is 15.3 Å². The minimum Gasteiger partial charge on any atom is -0.497 e. The number of hydrogen-bond acceptors (Lipinski definition) is 4. The highest BCUT2D eigenvalue weighted by atomic mass is 16.5. The predicted molar refractivity (Wildman–Crippen MR) is 71.5 cm³/mol. The number of benzene rings is 1. The van der Waals surface area contributed by atoms with Crippen LogP contribution < -0.4 is 10.1 Å². The maximum atomic E-state index is 10.9. The molecule has 1 N–H and O–H groups in total. The van der Waals surface area contributed by atoms with Gasteiger partial charge in [0.05, 0.1) is 25.0 Å². The first kappa shape index (κ1) is 13.0. The van der Waals surface area contributed by atoms with E-state index in [1.165, 1.54) is 13.3 Å². The van der Waals surface area contributed by atoms with Gasteiger partial charge in [0.1, 0.15) is 12.1 Å². The first-order valence-electron chi connectivity index (χ1n) is 5.89. The molecule has 0 aliphatic rings. The molecule has 2 aromatic rings. The third-order valence-corrected chi connectivity index (χ3v) is 2.63. The maximum absolute atomic E-state index is 10.9. The monoisotopic (exact) mass is 257 g/mol. The number of carbonyl (C=O) groups is 1. The highest BCUT2D eigenvalue weighted by Gasteiger charge is 2.03. The van der Waals surface area contributed by atoms with Crippen LogP contribution in [0.25, 0.3) is 11.3 Å². The second kappa shape index (κ2) is 5.95. The van der Waals surface area contributed by atoms with E-state index >= 15 is 0 Å². The number of rotatable bonds is 4. The number of nitrogens with zero attached hydrogens (tertiary/aromatic N) is 2. The lowest BCUT2D eigenvalue weighted by atomic mass is 10.1. The molecule has 0 unspecified atom stereocenters. The quantitative estimate of drug-likeness (QED) is 0.907. The fourth-order valence-electron chi connectivity index (χ4n) is 1.63. The molecule has 1 aromatic heterocycles. The SMILES string of the molecule is COc1ccc(-c2cc(CNC(C)=O)ncn2)cc1. The summed E-state index contributed by atoms with van der Waals surface area (Å²) < 4.78 is 5.11. The first-order chi connectivity index (χ1) is 9.19. The van der Waals surface area contributed by atoms with Gasteiger partial charge in [-0.1, -0.05) is 0 Å². The molecule has 2 rings (SSSR count).